The molecule has 1 heterocycles. The Morgan fingerprint density at radius 3 is 3.00 bits per heavy atom. The lowest BCUT2D eigenvalue weighted by molar-refractivity contribution is 0.135. The summed E-state index contributed by atoms with van der Waals surface area (Å²) in [6.45, 7) is 2.54. The van der Waals surface area contributed by atoms with Crippen molar-refractivity contribution >= 4 is 11.5 Å². The number of hydrogen-bond acceptors (Lipinski definition) is 4. The van der Waals surface area contributed by atoms with Crippen molar-refractivity contribution in [2.75, 3.05) is 24.5 Å². The molecule has 0 aliphatic heterocycles. The van der Waals surface area contributed by atoms with E-state index in [-0.39, 0.29) is 0 Å². The van der Waals surface area contributed by atoms with Crippen LogP contribution >= 0.6 is 0 Å². The Hall–Kier alpha value is -1.29. The second-order valence-corrected chi connectivity index (χ2v) is 2.32. The highest BCUT2D eigenvalue weighted by Gasteiger charge is 2.03. The van der Waals surface area contributed by atoms with Gasteiger partial charge in [-0.15, -0.1) is 0 Å². The molecule has 0 unspecified atom stereocenters. The second kappa shape index (κ2) is 3.92. The van der Waals surface area contributed by atoms with E-state index in [0.29, 0.717) is 12.4 Å². The number of nitrogen functional groups attached to an aromatic ring is 1. The number of rotatable bonds is 3. The minimum atomic E-state index is 0.480. The van der Waals surface area contributed by atoms with Crippen LogP contribution in [-0.2, 0) is 4.84 Å². The second-order valence-electron chi connectivity index (χ2n) is 2.32. The number of aromatic nitrogens is 1. The van der Waals surface area contributed by atoms with Crippen molar-refractivity contribution in [3.8, 4) is 0 Å². The van der Waals surface area contributed by atoms with Gasteiger partial charge in [-0.1, -0.05) is 0 Å². The van der Waals surface area contributed by atoms with Crippen LogP contribution in [0.15, 0.2) is 18.3 Å². The molecule has 66 valence electrons. The SMILES string of the molecule is CCON(C)c1cccnc1N. The van der Waals surface area contributed by atoms with E-state index in [9.17, 15) is 0 Å². The van der Waals surface area contributed by atoms with E-state index in [4.69, 9.17) is 10.6 Å². The zero-order valence-corrected chi connectivity index (χ0v) is 7.32. The van der Waals surface area contributed by atoms with Gasteiger partial charge >= 0.3 is 0 Å². The Kier molecular flexibility index (Phi) is 2.88. The molecule has 0 amide bonds. The van der Waals surface area contributed by atoms with Gasteiger partial charge in [-0.2, -0.15) is 0 Å². The van der Waals surface area contributed by atoms with Crippen LogP contribution in [-0.4, -0.2) is 18.6 Å². The summed E-state index contributed by atoms with van der Waals surface area (Å²) < 4.78 is 0. The molecule has 0 spiro atoms. The van der Waals surface area contributed by atoms with Crippen LogP contribution in [0, 0.1) is 0 Å². The predicted octanol–water partition coefficient (Wildman–Crippen LogP) is 1.05. The van der Waals surface area contributed by atoms with E-state index in [1.54, 1.807) is 18.3 Å². The third-order valence-corrected chi connectivity index (χ3v) is 1.48. The van der Waals surface area contributed by atoms with E-state index in [2.05, 4.69) is 4.98 Å². The topological polar surface area (TPSA) is 51.4 Å². The Balaban J connectivity index is 2.79. The quantitative estimate of drug-likeness (QED) is 0.684. The molecule has 2 N–H and O–H groups in total. The summed E-state index contributed by atoms with van der Waals surface area (Å²) in [4.78, 5) is 9.16. The zero-order valence-electron chi connectivity index (χ0n) is 7.32. The van der Waals surface area contributed by atoms with Crippen LogP contribution in [0.1, 0.15) is 6.92 Å². The summed E-state index contributed by atoms with van der Waals surface area (Å²) in [6.07, 6.45) is 1.65. The van der Waals surface area contributed by atoms with Gasteiger partial charge in [0.05, 0.1) is 6.61 Å². The molecule has 0 radical (unpaired) electrons. The monoisotopic (exact) mass is 167 g/mol. The lowest BCUT2D eigenvalue weighted by Crippen LogP contribution is -2.19. The van der Waals surface area contributed by atoms with E-state index < -0.39 is 0 Å². The van der Waals surface area contributed by atoms with E-state index in [1.165, 1.54) is 0 Å². The average molecular weight is 167 g/mol. The summed E-state index contributed by atoms with van der Waals surface area (Å²) in [5.41, 5.74) is 6.41. The molecule has 0 fully saturated rings. The van der Waals surface area contributed by atoms with Crippen molar-refractivity contribution in [2.24, 2.45) is 0 Å². The Bertz CT molecular complexity index is 252. The van der Waals surface area contributed by atoms with Crippen LogP contribution in [0.5, 0.6) is 0 Å². The third-order valence-electron chi connectivity index (χ3n) is 1.48. The molecular weight excluding hydrogens is 154 g/mol. The standard InChI is InChI=1S/C8H13N3O/c1-3-12-11(2)7-5-4-6-10-8(7)9/h4-6H,3H2,1-2H3,(H2,9,10). The predicted molar refractivity (Wildman–Crippen MR) is 48.7 cm³/mol. The molecule has 4 nitrogen and oxygen atoms in total. The van der Waals surface area contributed by atoms with Crippen molar-refractivity contribution < 1.29 is 4.84 Å². The number of pyridine rings is 1. The Morgan fingerprint density at radius 2 is 2.42 bits per heavy atom. The zero-order chi connectivity index (χ0) is 8.97. The Morgan fingerprint density at radius 1 is 1.67 bits per heavy atom. The Labute approximate surface area is 71.9 Å². The number of nitrogens with zero attached hydrogens (tertiary/aromatic N) is 2. The maximum absolute atomic E-state index is 5.62. The van der Waals surface area contributed by atoms with Crippen LogP contribution in [0.4, 0.5) is 11.5 Å². The largest absolute Gasteiger partial charge is 0.382 e. The summed E-state index contributed by atoms with van der Waals surface area (Å²) in [5, 5.41) is 1.61. The molecule has 0 aromatic carbocycles. The molecule has 0 saturated heterocycles. The summed E-state index contributed by atoms with van der Waals surface area (Å²) in [5.74, 6) is 0.480. The molecule has 1 aromatic rings. The van der Waals surface area contributed by atoms with Gasteiger partial charge < -0.3 is 5.73 Å². The van der Waals surface area contributed by atoms with Crippen molar-refractivity contribution in [3.63, 3.8) is 0 Å². The van der Waals surface area contributed by atoms with Gasteiger partial charge in [0.1, 0.15) is 11.5 Å². The molecule has 0 atom stereocenters. The van der Waals surface area contributed by atoms with Gasteiger partial charge in [0, 0.05) is 13.2 Å². The van der Waals surface area contributed by atoms with Crippen molar-refractivity contribution in [1.29, 1.82) is 0 Å². The highest BCUT2D eigenvalue weighted by molar-refractivity contribution is 5.60. The lowest BCUT2D eigenvalue weighted by atomic mass is 10.4. The first-order valence-corrected chi connectivity index (χ1v) is 3.82. The fraction of sp³-hybridized carbons (Fsp3) is 0.375. The minimum Gasteiger partial charge on any atom is -0.382 e. The number of nitrogens with two attached hydrogens (primary N) is 1. The molecule has 0 saturated carbocycles. The van der Waals surface area contributed by atoms with Gasteiger partial charge in [0.15, 0.2) is 0 Å². The first kappa shape index (κ1) is 8.80. The van der Waals surface area contributed by atoms with Gasteiger partial charge in [-0.3, -0.25) is 9.90 Å². The van der Waals surface area contributed by atoms with E-state index in [1.807, 2.05) is 19.1 Å². The highest BCUT2D eigenvalue weighted by atomic mass is 16.7. The normalized spacial score (nSPS) is 9.83. The van der Waals surface area contributed by atoms with Crippen LogP contribution in [0.3, 0.4) is 0 Å². The third kappa shape index (κ3) is 1.85. The fourth-order valence-electron chi connectivity index (χ4n) is 0.938. The smallest absolute Gasteiger partial charge is 0.149 e. The van der Waals surface area contributed by atoms with Crippen LogP contribution in [0.25, 0.3) is 0 Å². The summed E-state index contributed by atoms with van der Waals surface area (Å²) in [7, 11) is 1.80. The van der Waals surface area contributed by atoms with Gasteiger partial charge in [-0.25, -0.2) is 4.98 Å². The number of anilines is 2. The van der Waals surface area contributed by atoms with Gasteiger partial charge in [-0.05, 0) is 19.1 Å². The molecule has 12 heavy (non-hydrogen) atoms. The molecule has 0 aliphatic rings. The molecule has 0 bridgehead atoms. The summed E-state index contributed by atoms with van der Waals surface area (Å²) >= 11 is 0. The minimum absolute atomic E-state index is 0.480. The molecule has 1 aromatic heterocycles. The molecule has 4 heteroatoms. The van der Waals surface area contributed by atoms with E-state index >= 15 is 0 Å². The fourth-order valence-corrected chi connectivity index (χ4v) is 0.938. The van der Waals surface area contributed by atoms with Crippen LogP contribution in [0.2, 0.25) is 0 Å². The average Bonchev–Trinajstić information content (AvgIpc) is 2.05. The van der Waals surface area contributed by atoms with Gasteiger partial charge in [0.25, 0.3) is 0 Å². The van der Waals surface area contributed by atoms with Gasteiger partial charge in [0.2, 0.25) is 0 Å². The maximum Gasteiger partial charge on any atom is 0.149 e. The first-order chi connectivity index (χ1) is 5.75. The van der Waals surface area contributed by atoms with Crippen molar-refractivity contribution in [1.82, 2.24) is 4.98 Å². The van der Waals surface area contributed by atoms with Crippen LogP contribution < -0.4 is 10.8 Å². The molecular formula is C8H13N3O. The lowest BCUT2D eigenvalue weighted by Gasteiger charge is -2.18. The summed E-state index contributed by atoms with van der Waals surface area (Å²) in [6, 6.07) is 3.68. The molecule has 1 rings (SSSR count). The van der Waals surface area contributed by atoms with Crippen molar-refractivity contribution in [3.05, 3.63) is 18.3 Å². The number of hydroxylamine groups is 1. The maximum atomic E-state index is 5.62. The van der Waals surface area contributed by atoms with E-state index in [0.717, 1.165) is 5.69 Å². The highest BCUT2D eigenvalue weighted by Crippen LogP contribution is 2.18. The van der Waals surface area contributed by atoms with Crippen molar-refractivity contribution in [2.45, 2.75) is 6.92 Å². The molecule has 0 aliphatic carbocycles. The number of hydrogen-bond donors (Lipinski definition) is 1. The first-order valence-electron chi connectivity index (χ1n) is 3.82.